The van der Waals surface area contributed by atoms with E-state index in [1.165, 1.54) is 33.7 Å². The van der Waals surface area contributed by atoms with Crippen LogP contribution in [0.25, 0.3) is 17.2 Å². The van der Waals surface area contributed by atoms with Crippen molar-refractivity contribution in [3.8, 4) is 16.9 Å². The maximum absolute atomic E-state index is 13.0. The van der Waals surface area contributed by atoms with Crippen molar-refractivity contribution in [1.29, 1.82) is 0 Å². The molecule has 0 amide bonds. The van der Waals surface area contributed by atoms with E-state index >= 15 is 0 Å². The Morgan fingerprint density at radius 3 is 1.78 bits per heavy atom. The number of halogens is 1. The zero-order valence-corrected chi connectivity index (χ0v) is 21.9. The second-order valence-corrected chi connectivity index (χ2v) is 13.0. The third-order valence-corrected chi connectivity index (χ3v) is 8.25. The van der Waals surface area contributed by atoms with Crippen LogP contribution in [0.2, 0.25) is 0 Å². The predicted molar refractivity (Wildman–Crippen MR) is 151 cm³/mol. The molecule has 4 heteroatoms. The fourth-order valence-electron chi connectivity index (χ4n) is 3.83. The summed E-state index contributed by atoms with van der Waals surface area (Å²) in [5.74, 6) is 1.28. The smallest absolute Gasteiger partial charge is 0.123 e. The van der Waals surface area contributed by atoms with E-state index in [-0.39, 0.29) is 5.82 Å². The van der Waals surface area contributed by atoms with Crippen molar-refractivity contribution >= 4 is 16.1 Å². The third kappa shape index (κ3) is 7.09. The average Bonchev–Trinajstić information content (AvgIpc) is 2.90. The topological polar surface area (TPSA) is 18.5 Å². The van der Waals surface area contributed by atoms with Gasteiger partial charge in [-0.1, -0.05) is 72.8 Å². The molecule has 0 aliphatic rings. The molecule has 0 bridgehead atoms. The van der Waals surface area contributed by atoms with E-state index in [1.807, 2.05) is 31.2 Å². The fourth-order valence-corrected chi connectivity index (χ4v) is 5.27. The van der Waals surface area contributed by atoms with E-state index < -0.39 is 10.0 Å². The molecule has 0 saturated heterocycles. The quantitative estimate of drug-likeness (QED) is 0.217. The van der Waals surface area contributed by atoms with Crippen LogP contribution in [-0.4, -0.2) is 18.5 Å². The summed E-state index contributed by atoms with van der Waals surface area (Å²) in [6.45, 7) is 2.99. The molecule has 0 saturated carbocycles. The zero-order chi connectivity index (χ0) is 25.4. The molecule has 0 N–H and O–H groups in total. The first-order valence-electron chi connectivity index (χ1n) is 12.0. The van der Waals surface area contributed by atoms with E-state index in [0.29, 0.717) is 19.2 Å². The molecule has 0 atom stereocenters. The van der Waals surface area contributed by atoms with Crippen LogP contribution in [0.4, 0.5) is 4.39 Å². The van der Waals surface area contributed by atoms with Crippen LogP contribution in [-0.2, 0) is 18.0 Å². The maximum Gasteiger partial charge on any atom is 0.123 e. The largest absolute Gasteiger partial charge is 0.484 e. The van der Waals surface area contributed by atoms with Crippen LogP contribution < -0.4 is 4.74 Å². The van der Waals surface area contributed by atoms with Crippen molar-refractivity contribution in [2.45, 2.75) is 25.0 Å². The molecular weight excluding hydrogens is 467 g/mol. The van der Waals surface area contributed by atoms with Gasteiger partial charge >= 0.3 is 0 Å². The van der Waals surface area contributed by atoms with E-state index in [9.17, 15) is 4.39 Å². The van der Waals surface area contributed by atoms with Crippen molar-refractivity contribution in [3.63, 3.8) is 0 Å². The molecule has 4 aromatic rings. The van der Waals surface area contributed by atoms with Crippen LogP contribution in [0.5, 0.6) is 5.75 Å². The fraction of sp³-hybridized carbons (Fsp3) is 0.188. The molecule has 0 aromatic heterocycles. The van der Waals surface area contributed by atoms with Crippen molar-refractivity contribution < 1.29 is 13.9 Å². The number of hydrogen-bond donors (Lipinski definition) is 0. The molecule has 0 aliphatic carbocycles. The van der Waals surface area contributed by atoms with Crippen LogP contribution >= 0.6 is 10.0 Å². The van der Waals surface area contributed by atoms with Gasteiger partial charge in [0, 0.05) is 0 Å². The van der Waals surface area contributed by atoms with Gasteiger partial charge in [-0.3, -0.25) is 0 Å². The molecule has 0 radical (unpaired) electrons. The van der Waals surface area contributed by atoms with Crippen LogP contribution in [0.15, 0.2) is 108 Å². The molecule has 2 nitrogen and oxygen atoms in total. The first-order chi connectivity index (χ1) is 17.4. The highest BCUT2D eigenvalue weighted by atomic mass is 32.3. The lowest BCUT2D eigenvalue weighted by molar-refractivity contribution is 0.107. The van der Waals surface area contributed by atoms with E-state index in [4.69, 9.17) is 9.47 Å². The summed E-state index contributed by atoms with van der Waals surface area (Å²) in [6, 6.07) is 31.9. The SMILES string of the molecule is C/C=C/c1ccc(-c2ccc(S(C)(C)COc3ccc(COCc4ccc(F)cc4)cc3)cc2)cc1. The number of ether oxygens (including phenoxy) is 2. The summed E-state index contributed by atoms with van der Waals surface area (Å²) >= 11 is 0. The predicted octanol–water partition coefficient (Wildman–Crippen LogP) is 8.70. The lowest BCUT2D eigenvalue weighted by Gasteiger charge is -2.31. The minimum atomic E-state index is -1.11. The molecule has 186 valence electrons. The normalized spacial score (nSPS) is 12.1. The monoisotopic (exact) mass is 500 g/mol. The summed E-state index contributed by atoms with van der Waals surface area (Å²) < 4.78 is 24.9. The van der Waals surface area contributed by atoms with Gasteiger partial charge < -0.3 is 9.47 Å². The Morgan fingerprint density at radius 2 is 1.22 bits per heavy atom. The van der Waals surface area contributed by atoms with Gasteiger partial charge in [0.1, 0.15) is 17.5 Å². The molecule has 0 aliphatic heterocycles. The van der Waals surface area contributed by atoms with Crippen LogP contribution in [0, 0.1) is 5.82 Å². The molecule has 0 heterocycles. The second-order valence-electron chi connectivity index (χ2n) is 9.21. The summed E-state index contributed by atoms with van der Waals surface area (Å²) in [6.07, 6.45) is 8.73. The van der Waals surface area contributed by atoms with Gasteiger partial charge in [-0.25, -0.2) is 4.39 Å². The summed E-state index contributed by atoms with van der Waals surface area (Å²) in [5.41, 5.74) is 5.69. The molecular formula is C32H33FO2S. The lowest BCUT2D eigenvalue weighted by atomic mass is 10.0. The Morgan fingerprint density at radius 1 is 0.694 bits per heavy atom. The molecule has 36 heavy (non-hydrogen) atoms. The minimum absolute atomic E-state index is 0.234. The maximum atomic E-state index is 13.0. The first kappa shape index (κ1) is 25.7. The van der Waals surface area contributed by atoms with Gasteiger partial charge in [0.25, 0.3) is 0 Å². The van der Waals surface area contributed by atoms with Crippen LogP contribution in [0.3, 0.4) is 0 Å². The summed E-state index contributed by atoms with van der Waals surface area (Å²) in [5, 5.41) is 0. The second kappa shape index (κ2) is 12.1. The summed E-state index contributed by atoms with van der Waals surface area (Å²) in [7, 11) is -1.11. The van der Waals surface area contributed by atoms with Gasteiger partial charge in [0.15, 0.2) is 0 Å². The molecule has 4 rings (SSSR count). The average molecular weight is 501 g/mol. The number of allylic oxidation sites excluding steroid dienone is 1. The van der Waals surface area contributed by atoms with E-state index in [1.54, 1.807) is 12.1 Å². The van der Waals surface area contributed by atoms with E-state index in [0.717, 1.165) is 16.9 Å². The Bertz CT molecular complexity index is 1260. The molecule has 0 fully saturated rings. The highest BCUT2D eigenvalue weighted by molar-refractivity contribution is 8.32. The molecule has 0 unspecified atom stereocenters. The lowest BCUT2D eigenvalue weighted by Crippen LogP contribution is -2.08. The highest BCUT2D eigenvalue weighted by Crippen LogP contribution is 2.49. The van der Waals surface area contributed by atoms with Gasteiger partial charge in [-0.2, -0.15) is 10.0 Å². The Labute approximate surface area is 215 Å². The van der Waals surface area contributed by atoms with Gasteiger partial charge in [0.2, 0.25) is 0 Å². The van der Waals surface area contributed by atoms with Gasteiger partial charge in [0.05, 0.1) is 13.2 Å². The van der Waals surface area contributed by atoms with Gasteiger partial charge in [-0.05, 0) is 88.5 Å². The third-order valence-electron chi connectivity index (χ3n) is 5.99. The highest BCUT2D eigenvalue weighted by Gasteiger charge is 2.16. The molecule has 4 aromatic carbocycles. The zero-order valence-electron chi connectivity index (χ0n) is 21.1. The Hall–Kier alpha value is -3.34. The number of rotatable bonds is 10. The van der Waals surface area contributed by atoms with Crippen molar-refractivity contribution in [2.75, 3.05) is 18.5 Å². The van der Waals surface area contributed by atoms with E-state index in [2.05, 4.69) is 73.2 Å². The van der Waals surface area contributed by atoms with Gasteiger partial charge in [-0.15, -0.1) is 0 Å². The van der Waals surface area contributed by atoms with Crippen molar-refractivity contribution in [2.24, 2.45) is 0 Å². The minimum Gasteiger partial charge on any atom is -0.484 e. The Balaban J connectivity index is 1.29. The standard InChI is InChI=1S/C32H33FO2S/c1-4-5-25-6-12-28(13-7-25)29-14-20-32(21-15-29)36(2,3)24-35-31-18-10-27(11-19-31)23-34-22-26-8-16-30(33)17-9-26/h4-21H,22-24H2,1-3H3/b5-4+. The Kier molecular flexibility index (Phi) is 8.63. The summed E-state index contributed by atoms with van der Waals surface area (Å²) in [4.78, 5) is 1.32. The van der Waals surface area contributed by atoms with Crippen molar-refractivity contribution in [3.05, 3.63) is 126 Å². The first-order valence-corrected chi connectivity index (χ1v) is 14.6. The van der Waals surface area contributed by atoms with Crippen molar-refractivity contribution in [1.82, 2.24) is 0 Å². The van der Waals surface area contributed by atoms with Crippen LogP contribution in [0.1, 0.15) is 23.6 Å². The number of benzene rings is 4. The molecule has 0 spiro atoms. The number of hydrogen-bond acceptors (Lipinski definition) is 2.